The molecule has 4 aliphatic rings. The van der Waals surface area contributed by atoms with Crippen LogP contribution in [0.2, 0.25) is 0 Å². The standard InChI is InChI=1S/C55H87N5O23/c1-8-10-11-12-13-14-15-16-17-18-31(76-41(67)23-30(3)24-42(68)82-54-51(75-7)50(48(74-6)34(9-2)79-54)81-40(66)20-19-39(64)65)25-43(69)77-36-29-58(4)46(52(70)59(5)45(36)53(71)72)49(83-44-27-32(61)35(28-56)78-44)47-33(62)26-38(80-47)60-22-21-37(63)57-55(60)73/h21-22,30-36,38,44-51,54,61-62H,8-20,23-29,56H2,1-7H3,(H,64,65)(H,71,72)(H,57,63,73). The molecule has 1 aromatic heterocycles. The summed E-state index contributed by atoms with van der Waals surface area (Å²) < 4.78 is 59.9. The number of nitrogens with two attached hydrogens (primary N) is 1. The van der Waals surface area contributed by atoms with Crippen molar-refractivity contribution in [2.45, 2.75) is 234 Å². The molecule has 470 valence electrons. The Balaban J connectivity index is 1.30. The third kappa shape index (κ3) is 19.6. The van der Waals surface area contributed by atoms with Gasteiger partial charge in [-0.15, -0.1) is 0 Å². The van der Waals surface area contributed by atoms with Gasteiger partial charge in [-0.05, 0) is 32.2 Å². The molecule has 28 heteroatoms. The molecule has 7 N–H and O–H groups in total. The van der Waals surface area contributed by atoms with E-state index in [0.29, 0.717) is 12.8 Å². The first-order valence-corrected chi connectivity index (χ1v) is 28.8. The first-order chi connectivity index (χ1) is 39.5. The number of methoxy groups -OCH3 is 2. The highest BCUT2D eigenvalue weighted by Gasteiger charge is 2.54. The zero-order valence-electron chi connectivity index (χ0n) is 48.6. The quantitative estimate of drug-likeness (QED) is 0.0328. The van der Waals surface area contributed by atoms with Crippen LogP contribution in [0.15, 0.2) is 21.9 Å². The molecule has 0 radical (unpaired) electrons. The molecule has 4 saturated heterocycles. The summed E-state index contributed by atoms with van der Waals surface area (Å²) in [4.78, 5) is 122. The van der Waals surface area contributed by atoms with Crippen LogP contribution in [0.25, 0.3) is 0 Å². The molecule has 17 unspecified atom stereocenters. The third-order valence-electron chi connectivity index (χ3n) is 15.5. The van der Waals surface area contributed by atoms with E-state index in [4.69, 9.17) is 58.2 Å². The van der Waals surface area contributed by atoms with E-state index in [1.807, 2.05) is 0 Å². The number of aliphatic hydroxyl groups is 2. The lowest BCUT2D eigenvalue weighted by Crippen LogP contribution is -2.61. The number of nitrogens with one attached hydrogen (secondary N) is 1. The lowest BCUT2D eigenvalue weighted by Gasteiger charge is -2.44. The van der Waals surface area contributed by atoms with Crippen molar-refractivity contribution in [1.82, 2.24) is 19.4 Å². The second-order valence-electron chi connectivity index (χ2n) is 21.9. The smallest absolute Gasteiger partial charge is 0.330 e. The molecule has 0 aromatic carbocycles. The van der Waals surface area contributed by atoms with Crippen LogP contribution >= 0.6 is 0 Å². The number of amides is 1. The summed E-state index contributed by atoms with van der Waals surface area (Å²) in [5, 5.41) is 42.0. The van der Waals surface area contributed by atoms with Gasteiger partial charge in [0.15, 0.2) is 24.5 Å². The van der Waals surface area contributed by atoms with Crippen molar-refractivity contribution in [3.8, 4) is 0 Å². The topological polar surface area (TPSA) is 380 Å². The molecule has 5 rings (SSSR count). The fourth-order valence-electron chi connectivity index (χ4n) is 11.1. The number of esters is 4. The number of aromatic amines is 1. The SMILES string of the molecule is CCCCCCCCCCCC(CC(=O)OC1CN(C)C(C(OC2CC(O)C(CN)O2)C2OC(n3ccc(=O)[nH]c3=O)CC2O)C(=O)N(C)C1C(=O)O)OC(=O)CC(C)CC(=O)OC1OC(CC)C(OC)C(OC(=O)CCC(=O)O)C1OC. The van der Waals surface area contributed by atoms with Crippen molar-refractivity contribution in [3.05, 3.63) is 33.1 Å². The normalized spacial score (nSPS) is 29.6. The first-order valence-electron chi connectivity index (χ1n) is 28.8. The van der Waals surface area contributed by atoms with Crippen LogP contribution < -0.4 is 17.0 Å². The fourth-order valence-corrected chi connectivity index (χ4v) is 11.1. The minimum absolute atomic E-state index is 0.0902. The van der Waals surface area contributed by atoms with E-state index in [2.05, 4.69) is 11.9 Å². The van der Waals surface area contributed by atoms with Gasteiger partial charge in [-0.3, -0.25) is 48.0 Å². The van der Waals surface area contributed by atoms with Crippen LogP contribution in [0.1, 0.15) is 143 Å². The first kappa shape index (κ1) is 68.4. The van der Waals surface area contributed by atoms with Crippen molar-refractivity contribution in [2.75, 3.05) is 41.4 Å². The summed E-state index contributed by atoms with van der Waals surface area (Å²) >= 11 is 0. The summed E-state index contributed by atoms with van der Waals surface area (Å²) in [7, 11) is 5.29. The van der Waals surface area contributed by atoms with E-state index >= 15 is 0 Å². The second kappa shape index (κ2) is 33.3. The van der Waals surface area contributed by atoms with Gasteiger partial charge < -0.3 is 78.4 Å². The Hall–Kier alpha value is -5.43. The average Bonchev–Trinajstić information content (AvgIpc) is 3.23. The van der Waals surface area contributed by atoms with Gasteiger partial charge in [0.1, 0.15) is 42.8 Å². The number of hydrogen-bond acceptors (Lipinski definition) is 23. The summed E-state index contributed by atoms with van der Waals surface area (Å²) in [6.07, 6.45) is -8.45. The Morgan fingerprint density at radius 1 is 0.759 bits per heavy atom. The molecule has 83 heavy (non-hydrogen) atoms. The zero-order valence-corrected chi connectivity index (χ0v) is 48.6. The maximum Gasteiger partial charge on any atom is 0.330 e. The Bertz CT molecular complexity index is 2410. The number of aliphatic carboxylic acids is 2. The van der Waals surface area contributed by atoms with Crippen molar-refractivity contribution in [1.29, 1.82) is 0 Å². The van der Waals surface area contributed by atoms with Crippen LogP contribution in [0.4, 0.5) is 0 Å². The fraction of sp³-hybridized carbons (Fsp3) is 0.800. The third-order valence-corrected chi connectivity index (χ3v) is 15.5. The van der Waals surface area contributed by atoms with Gasteiger partial charge in [0.25, 0.3) is 5.56 Å². The summed E-state index contributed by atoms with van der Waals surface area (Å²) in [6, 6.07) is -2.19. The van der Waals surface area contributed by atoms with E-state index < -0.39 is 183 Å². The predicted octanol–water partition coefficient (Wildman–Crippen LogP) is 1.27. The number of carboxylic acids is 2. The number of likely N-dealkylation sites (N-methyl/N-ethyl adjacent to an activating group) is 2. The number of unbranched alkanes of at least 4 members (excludes halogenated alkanes) is 8. The molecule has 4 aliphatic heterocycles. The largest absolute Gasteiger partial charge is 0.481 e. The number of aliphatic hydroxyl groups excluding tert-OH is 2. The molecule has 28 nitrogen and oxygen atoms in total. The Morgan fingerprint density at radius 3 is 2.01 bits per heavy atom. The monoisotopic (exact) mass is 1190 g/mol. The molecule has 1 aromatic rings. The number of nitrogens with zero attached hydrogens (tertiary/aromatic N) is 3. The maximum absolute atomic E-state index is 14.7. The number of hydrogen-bond donors (Lipinski definition) is 6. The molecular formula is C55H87N5O23. The van der Waals surface area contributed by atoms with Crippen molar-refractivity contribution < 1.29 is 101 Å². The van der Waals surface area contributed by atoms with Gasteiger partial charge in [-0.1, -0.05) is 72.1 Å². The molecule has 0 saturated carbocycles. The number of carbonyl (C=O) groups is 7. The van der Waals surface area contributed by atoms with Crippen molar-refractivity contribution in [3.63, 3.8) is 0 Å². The van der Waals surface area contributed by atoms with Gasteiger partial charge >= 0.3 is 41.5 Å². The minimum Gasteiger partial charge on any atom is -0.481 e. The van der Waals surface area contributed by atoms with Gasteiger partial charge in [-0.25, -0.2) is 9.59 Å². The molecule has 17 atom stereocenters. The van der Waals surface area contributed by atoms with E-state index in [9.17, 15) is 58.5 Å². The number of H-pyrrole nitrogens is 1. The molecule has 5 heterocycles. The highest BCUT2D eigenvalue weighted by molar-refractivity contribution is 5.89. The Kier molecular flexibility index (Phi) is 27.4. The number of rotatable bonds is 33. The molecule has 4 fully saturated rings. The zero-order chi connectivity index (χ0) is 61.1. The van der Waals surface area contributed by atoms with E-state index in [1.54, 1.807) is 13.8 Å². The lowest BCUT2D eigenvalue weighted by molar-refractivity contribution is -0.299. The molecule has 0 bridgehead atoms. The number of ether oxygens (including phenoxy) is 10. The van der Waals surface area contributed by atoms with Gasteiger partial charge in [0, 0.05) is 72.3 Å². The Labute approximate surface area is 481 Å². The summed E-state index contributed by atoms with van der Waals surface area (Å²) in [6.45, 7) is 5.02. The highest BCUT2D eigenvalue weighted by atomic mass is 16.7. The highest BCUT2D eigenvalue weighted by Crippen LogP contribution is 2.37. The van der Waals surface area contributed by atoms with Crippen LogP contribution in [0.3, 0.4) is 0 Å². The number of carbonyl (C=O) groups excluding carboxylic acids is 5. The lowest BCUT2D eigenvalue weighted by atomic mass is 9.96. The molecule has 0 spiro atoms. The molecule has 1 amide bonds. The van der Waals surface area contributed by atoms with Crippen molar-refractivity contribution >= 4 is 41.7 Å². The maximum atomic E-state index is 14.7. The van der Waals surface area contributed by atoms with Crippen LogP contribution in [-0.4, -0.2) is 215 Å². The second-order valence-corrected chi connectivity index (χ2v) is 21.9. The average molecular weight is 1190 g/mol. The molecular weight excluding hydrogens is 1100 g/mol. The minimum atomic E-state index is -1.79. The van der Waals surface area contributed by atoms with Crippen LogP contribution in [0, 0.1) is 5.92 Å². The number of aromatic nitrogens is 2. The van der Waals surface area contributed by atoms with Gasteiger partial charge in [0.2, 0.25) is 12.2 Å². The molecule has 0 aliphatic carbocycles. The van der Waals surface area contributed by atoms with Crippen molar-refractivity contribution in [2.24, 2.45) is 11.7 Å². The predicted molar refractivity (Wildman–Crippen MR) is 288 cm³/mol. The summed E-state index contributed by atoms with van der Waals surface area (Å²) in [5.74, 6) is -7.64. The van der Waals surface area contributed by atoms with E-state index in [1.165, 1.54) is 39.4 Å². The Morgan fingerprint density at radius 2 is 1.41 bits per heavy atom. The van der Waals surface area contributed by atoms with E-state index in [-0.39, 0.29) is 38.6 Å². The number of carboxylic acid groups (broad SMARTS) is 2. The van der Waals surface area contributed by atoms with Crippen LogP contribution in [-0.2, 0) is 80.9 Å². The summed E-state index contributed by atoms with van der Waals surface area (Å²) in [5.41, 5.74) is 4.29. The van der Waals surface area contributed by atoms with Gasteiger partial charge in [-0.2, -0.15) is 0 Å². The van der Waals surface area contributed by atoms with Crippen LogP contribution in [0.5, 0.6) is 0 Å². The van der Waals surface area contributed by atoms with E-state index in [0.717, 1.165) is 66.9 Å². The van der Waals surface area contributed by atoms with Gasteiger partial charge in [0.05, 0.1) is 43.7 Å².